The van der Waals surface area contributed by atoms with Crippen LogP contribution in [0.2, 0.25) is 0 Å². The Morgan fingerprint density at radius 3 is 3.08 bits per heavy atom. The third kappa shape index (κ3) is 1.51. The number of fused-ring (bicyclic) bond motifs is 1. The van der Waals surface area contributed by atoms with Crippen LogP contribution in [0.15, 0.2) is 28.9 Å². The lowest BCUT2D eigenvalue weighted by molar-refractivity contribution is -0.136. The van der Waals surface area contributed by atoms with Gasteiger partial charge in [-0.1, -0.05) is 0 Å². The van der Waals surface area contributed by atoms with E-state index in [4.69, 9.17) is 9.52 Å². The molecule has 0 aliphatic carbocycles. The van der Waals surface area contributed by atoms with Crippen LogP contribution in [0.4, 0.5) is 0 Å². The second-order valence-corrected chi connectivity index (χ2v) is 2.69. The molecule has 2 rings (SSSR count). The fourth-order valence-electron chi connectivity index (χ4n) is 1.14. The van der Waals surface area contributed by atoms with Gasteiger partial charge in [-0.3, -0.25) is 4.79 Å². The number of aromatic nitrogens is 1. The molecule has 66 valence electrons. The van der Waals surface area contributed by atoms with E-state index in [1.54, 1.807) is 18.2 Å². The smallest absolute Gasteiger partial charge is 0.309 e. The van der Waals surface area contributed by atoms with Crippen LogP contribution in [-0.4, -0.2) is 16.1 Å². The zero-order valence-electron chi connectivity index (χ0n) is 6.73. The summed E-state index contributed by atoms with van der Waals surface area (Å²) in [5.41, 5.74) is 0.994. The lowest BCUT2D eigenvalue weighted by Gasteiger charge is -1.94. The minimum atomic E-state index is -0.890. The van der Waals surface area contributed by atoms with Crippen LogP contribution in [0, 0.1) is 0 Å². The van der Waals surface area contributed by atoms with Crippen LogP contribution in [-0.2, 0) is 11.2 Å². The largest absolute Gasteiger partial charge is 0.481 e. The summed E-state index contributed by atoms with van der Waals surface area (Å²) in [4.78, 5) is 14.4. The Hall–Kier alpha value is -1.84. The minimum absolute atomic E-state index is 0.0728. The Kier molecular flexibility index (Phi) is 1.73. The molecule has 0 radical (unpaired) electrons. The van der Waals surface area contributed by atoms with Gasteiger partial charge in [-0.2, -0.15) is 0 Å². The maximum atomic E-state index is 10.4. The van der Waals surface area contributed by atoms with E-state index in [1.165, 1.54) is 6.26 Å². The van der Waals surface area contributed by atoms with E-state index >= 15 is 0 Å². The van der Waals surface area contributed by atoms with Crippen LogP contribution in [0.1, 0.15) is 5.69 Å². The fraction of sp³-hybridized carbons (Fsp3) is 0.111. The summed E-state index contributed by atoms with van der Waals surface area (Å²) in [6.45, 7) is 0. The molecule has 0 aliphatic heterocycles. The lowest BCUT2D eigenvalue weighted by Crippen LogP contribution is -2.01. The van der Waals surface area contributed by atoms with Gasteiger partial charge in [-0.25, -0.2) is 4.98 Å². The van der Waals surface area contributed by atoms with E-state index in [9.17, 15) is 4.79 Å². The molecule has 0 atom stereocenters. The minimum Gasteiger partial charge on any atom is -0.481 e. The molecule has 1 N–H and O–H groups in total. The van der Waals surface area contributed by atoms with E-state index in [2.05, 4.69) is 4.98 Å². The highest BCUT2D eigenvalue weighted by atomic mass is 16.4. The molecule has 0 bridgehead atoms. The number of furan rings is 1. The Balaban J connectivity index is 2.42. The molecule has 0 fully saturated rings. The number of hydrogen-bond donors (Lipinski definition) is 1. The molecule has 4 heteroatoms. The highest BCUT2D eigenvalue weighted by Crippen LogP contribution is 2.13. The van der Waals surface area contributed by atoms with Crippen molar-refractivity contribution in [3.8, 4) is 0 Å². The van der Waals surface area contributed by atoms with Gasteiger partial charge in [-0.05, 0) is 18.2 Å². The second kappa shape index (κ2) is 2.90. The van der Waals surface area contributed by atoms with Gasteiger partial charge < -0.3 is 9.52 Å². The van der Waals surface area contributed by atoms with E-state index in [0.29, 0.717) is 11.4 Å². The SMILES string of the molecule is O=C(O)Cc1ccc2ccoc2n1. The maximum Gasteiger partial charge on any atom is 0.309 e. The summed E-state index contributed by atoms with van der Waals surface area (Å²) >= 11 is 0. The van der Waals surface area contributed by atoms with Gasteiger partial charge in [-0.15, -0.1) is 0 Å². The van der Waals surface area contributed by atoms with Crippen LogP contribution < -0.4 is 0 Å². The number of carboxylic acids is 1. The number of hydrogen-bond acceptors (Lipinski definition) is 3. The molecule has 4 nitrogen and oxygen atoms in total. The zero-order valence-corrected chi connectivity index (χ0v) is 6.73. The summed E-state index contributed by atoms with van der Waals surface area (Å²) in [6.07, 6.45) is 1.46. The van der Waals surface area contributed by atoms with Gasteiger partial charge in [0.2, 0.25) is 5.71 Å². The molecule has 0 aliphatic rings. The van der Waals surface area contributed by atoms with Gasteiger partial charge in [0.1, 0.15) is 0 Å². The molecular weight excluding hydrogens is 170 g/mol. The monoisotopic (exact) mass is 177 g/mol. The number of carboxylic acid groups (broad SMARTS) is 1. The van der Waals surface area contributed by atoms with Crippen molar-refractivity contribution in [1.29, 1.82) is 0 Å². The van der Waals surface area contributed by atoms with Crippen LogP contribution in [0.3, 0.4) is 0 Å². The molecule has 2 aromatic rings. The molecule has 0 unspecified atom stereocenters. The number of pyridine rings is 1. The van der Waals surface area contributed by atoms with E-state index in [-0.39, 0.29) is 6.42 Å². The predicted molar refractivity (Wildman–Crippen MR) is 45.3 cm³/mol. The summed E-state index contributed by atoms with van der Waals surface area (Å²) < 4.78 is 5.04. The first-order valence-corrected chi connectivity index (χ1v) is 3.80. The average Bonchev–Trinajstić information content (AvgIpc) is 2.49. The fourth-order valence-corrected chi connectivity index (χ4v) is 1.14. The Morgan fingerprint density at radius 2 is 2.31 bits per heavy atom. The van der Waals surface area contributed by atoms with E-state index < -0.39 is 5.97 Å². The molecule has 0 saturated carbocycles. The molecule has 2 heterocycles. The molecule has 2 aromatic heterocycles. The molecular formula is C9H7NO3. The zero-order chi connectivity index (χ0) is 9.26. The number of nitrogens with zero attached hydrogens (tertiary/aromatic N) is 1. The van der Waals surface area contributed by atoms with Crippen molar-refractivity contribution in [2.75, 3.05) is 0 Å². The average molecular weight is 177 g/mol. The summed E-state index contributed by atoms with van der Waals surface area (Å²) in [6, 6.07) is 5.27. The van der Waals surface area contributed by atoms with Crippen LogP contribution in [0.25, 0.3) is 11.1 Å². The van der Waals surface area contributed by atoms with Gasteiger partial charge in [0.25, 0.3) is 0 Å². The Bertz CT molecular complexity index is 447. The second-order valence-electron chi connectivity index (χ2n) is 2.69. The number of rotatable bonds is 2. The van der Waals surface area contributed by atoms with E-state index in [0.717, 1.165) is 5.39 Å². The van der Waals surface area contributed by atoms with Crippen molar-refractivity contribution in [2.24, 2.45) is 0 Å². The molecule has 0 aromatic carbocycles. The lowest BCUT2D eigenvalue weighted by atomic mass is 10.2. The maximum absolute atomic E-state index is 10.4. The van der Waals surface area contributed by atoms with E-state index in [1.807, 2.05) is 0 Å². The number of aliphatic carboxylic acids is 1. The van der Waals surface area contributed by atoms with Gasteiger partial charge in [0.15, 0.2) is 0 Å². The molecule has 0 saturated heterocycles. The van der Waals surface area contributed by atoms with Crippen molar-refractivity contribution in [2.45, 2.75) is 6.42 Å². The highest BCUT2D eigenvalue weighted by Gasteiger charge is 2.04. The molecule has 13 heavy (non-hydrogen) atoms. The quantitative estimate of drug-likeness (QED) is 0.754. The van der Waals surface area contributed by atoms with Crippen molar-refractivity contribution in [3.05, 3.63) is 30.2 Å². The first kappa shape index (κ1) is 7.79. The first-order valence-electron chi connectivity index (χ1n) is 3.80. The third-order valence-electron chi connectivity index (χ3n) is 1.71. The van der Waals surface area contributed by atoms with Crippen LogP contribution in [0.5, 0.6) is 0 Å². The number of carbonyl (C=O) groups is 1. The molecule has 0 amide bonds. The van der Waals surface area contributed by atoms with Crippen LogP contribution >= 0.6 is 0 Å². The summed E-state index contributed by atoms with van der Waals surface area (Å²) in [5, 5.41) is 9.40. The summed E-state index contributed by atoms with van der Waals surface area (Å²) in [5.74, 6) is -0.890. The van der Waals surface area contributed by atoms with Gasteiger partial charge >= 0.3 is 5.97 Å². The van der Waals surface area contributed by atoms with Gasteiger partial charge in [0, 0.05) is 5.39 Å². The van der Waals surface area contributed by atoms with Crippen molar-refractivity contribution < 1.29 is 14.3 Å². The van der Waals surface area contributed by atoms with Crippen molar-refractivity contribution in [3.63, 3.8) is 0 Å². The Labute approximate surface area is 73.8 Å². The standard InChI is InChI=1S/C9H7NO3/c11-8(12)5-7-2-1-6-3-4-13-9(6)10-7/h1-4H,5H2,(H,11,12). The normalized spacial score (nSPS) is 10.5. The first-order chi connectivity index (χ1) is 6.25. The predicted octanol–water partition coefficient (Wildman–Crippen LogP) is 1.45. The molecule has 0 spiro atoms. The third-order valence-corrected chi connectivity index (χ3v) is 1.71. The van der Waals surface area contributed by atoms with Crippen molar-refractivity contribution >= 4 is 17.1 Å². The van der Waals surface area contributed by atoms with Crippen molar-refractivity contribution in [1.82, 2.24) is 4.98 Å². The van der Waals surface area contributed by atoms with Gasteiger partial charge in [0.05, 0.1) is 18.4 Å². The Morgan fingerprint density at radius 1 is 1.46 bits per heavy atom. The topological polar surface area (TPSA) is 63.3 Å². The highest BCUT2D eigenvalue weighted by molar-refractivity contribution is 5.75. The summed E-state index contributed by atoms with van der Waals surface area (Å²) in [7, 11) is 0.